The van der Waals surface area contributed by atoms with Crippen molar-refractivity contribution in [3.8, 4) is 5.75 Å². The van der Waals surface area contributed by atoms with Crippen molar-refractivity contribution in [1.29, 1.82) is 0 Å². The molecule has 0 aliphatic heterocycles. The predicted octanol–water partition coefficient (Wildman–Crippen LogP) is 7.04. The zero-order chi connectivity index (χ0) is 19.9. The van der Waals surface area contributed by atoms with Crippen molar-refractivity contribution < 1.29 is 9.53 Å². The van der Waals surface area contributed by atoms with Crippen molar-refractivity contribution in [3.05, 3.63) is 92.9 Å². The van der Waals surface area contributed by atoms with Gasteiger partial charge in [-0.3, -0.25) is 4.79 Å². The lowest BCUT2D eigenvalue weighted by Gasteiger charge is -2.20. The summed E-state index contributed by atoms with van der Waals surface area (Å²) >= 11 is 6.87. The molecule has 0 fully saturated rings. The lowest BCUT2D eigenvalue weighted by atomic mass is 9.97. The van der Waals surface area contributed by atoms with Crippen LogP contribution < -0.4 is 10.1 Å². The van der Waals surface area contributed by atoms with E-state index in [4.69, 9.17) is 4.74 Å². The van der Waals surface area contributed by atoms with Crippen LogP contribution in [0.5, 0.6) is 5.75 Å². The summed E-state index contributed by atoms with van der Waals surface area (Å²) in [5.41, 5.74) is 2.71. The van der Waals surface area contributed by atoms with E-state index in [9.17, 15) is 4.79 Å². The third-order valence-electron chi connectivity index (χ3n) is 4.33. The Morgan fingerprint density at radius 3 is 2.04 bits per heavy atom. The van der Waals surface area contributed by atoms with Crippen LogP contribution in [0, 0.1) is 0 Å². The number of carbonyl (C=O) groups is 1. The van der Waals surface area contributed by atoms with Crippen LogP contribution in [-0.2, 0) is 0 Å². The van der Waals surface area contributed by atoms with Crippen molar-refractivity contribution in [1.82, 2.24) is 0 Å². The summed E-state index contributed by atoms with van der Waals surface area (Å²) in [5.74, 6) is 0.920. The number of rotatable bonds is 8. The number of nitrogens with one attached hydrogen (secondary N) is 1. The minimum atomic E-state index is -0.145. The molecule has 0 bridgehead atoms. The Bertz CT molecular complexity index is 907. The number of hydrogen-bond donors (Lipinski definition) is 1. The zero-order valence-corrected chi connectivity index (χ0v) is 18.7. The third kappa shape index (κ3) is 5.69. The number of benzene rings is 3. The third-order valence-corrected chi connectivity index (χ3v) is 5.39. The molecule has 0 saturated heterocycles. The molecule has 1 atom stereocenters. The van der Waals surface area contributed by atoms with Gasteiger partial charge in [-0.1, -0.05) is 56.1 Å². The number of Topliss-reactive ketones (excluding diaryl/α,β-unsaturated/α-hetero) is 1. The van der Waals surface area contributed by atoms with Gasteiger partial charge in [0.25, 0.3) is 0 Å². The molecule has 3 nitrogen and oxygen atoms in total. The zero-order valence-electron chi connectivity index (χ0n) is 15.5. The van der Waals surface area contributed by atoms with E-state index in [0.717, 1.165) is 25.9 Å². The van der Waals surface area contributed by atoms with E-state index in [1.54, 1.807) is 0 Å². The monoisotopic (exact) mass is 501 g/mol. The molecule has 0 spiro atoms. The quantitative estimate of drug-likeness (QED) is 0.336. The molecular formula is C23H21Br2NO2. The fourth-order valence-corrected chi connectivity index (χ4v) is 3.43. The SMILES string of the molecule is CCOc1ccc(C(CC(=O)c2ccc(Br)cc2)Nc2ccc(Br)cc2)cc1. The Labute approximate surface area is 182 Å². The van der Waals surface area contributed by atoms with E-state index in [0.29, 0.717) is 18.6 Å². The molecule has 28 heavy (non-hydrogen) atoms. The lowest BCUT2D eigenvalue weighted by Crippen LogP contribution is -2.16. The Morgan fingerprint density at radius 1 is 0.893 bits per heavy atom. The molecular weight excluding hydrogens is 482 g/mol. The molecule has 0 amide bonds. The van der Waals surface area contributed by atoms with Crippen molar-refractivity contribution in [2.45, 2.75) is 19.4 Å². The predicted molar refractivity (Wildman–Crippen MR) is 121 cm³/mol. The van der Waals surface area contributed by atoms with Crippen molar-refractivity contribution in [2.24, 2.45) is 0 Å². The number of halogens is 2. The first-order valence-electron chi connectivity index (χ1n) is 9.09. The van der Waals surface area contributed by atoms with E-state index in [1.807, 2.05) is 79.7 Å². The highest BCUT2D eigenvalue weighted by Gasteiger charge is 2.18. The second kappa shape index (κ2) is 9.89. The summed E-state index contributed by atoms with van der Waals surface area (Å²) in [4.78, 5) is 12.9. The van der Waals surface area contributed by atoms with Gasteiger partial charge in [-0.15, -0.1) is 0 Å². The minimum absolute atomic E-state index is 0.0935. The molecule has 0 aliphatic rings. The summed E-state index contributed by atoms with van der Waals surface area (Å²) in [5, 5.41) is 3.49. The first-order chi connectivity index (χ1) is 13.5. The Balaban J connectivity index is 1.83. The maximum atomic E-state index is 12.9. The van der Waals surface area contributed by atoms with Gasteiger partial charge in [0.05, 0.1) is 12.6 Å². The Kier molecular flexibility index (Phi) is 7.29. The highest BCUT2D eigenvalue weighted by molar-refractivity contribution is 9.10. The number of anilines is 1. The van der Waals surface area contributed by atoms with Gasteiger partial charge in [0.2, 0.25) is 0 Å². The molecule has 3 aromatic carbocycles. The Hall–Kier alpha value is -2.11. The maximum absolute atomic E-state index is 12.9. The van der Waals surface area contributed by atoms with Crippen LogP contribution in [0.1, 0.15) is 35.3 Å². The van der Waals surface area contributed by atoms with Crippen LogP contribution in [0.3, 0.4) is 0 Å². The van der Waals surface area contributed by atoms with Gasteiger partial charge in [-0.05, 0) is 61.0 Å². The van der Waals surface area contributed by atoms with Gasteiger partial charge < -0.3 is 10.1 Å². The fraction of sp³-hybridized carbons (Fsp3) is 0.174. The van der Waals surface area contributed by atoms with Gasteiger partial charge in [0.15, 0.2) is 5.78 Å². The van der Waals surface area contributed by atoms with Gasteiger partial charge in [0, 0.05) is 26.6 Å². The van der Waals surface area contributed by atoms with Crippen LogP contribution in [0.15, 0.2) is 81.7 Å². The number of ketones is 1. The molecule has 1 N–H and O–H groups in total. The molecule has 3 rings (SSSR count). The first-order valence-corrected chi connectivity index (χ1v) is 10.7. The largest absolute Gasteiger partial charge is 0.494 e. The molecule has 3 aromatic rings. The van der Waals surface area contributed by atoms with Gasteiger partial charge in [0.1, 0.15) is 5.75 Å². The molecule has 0 saturated carbocycles. The molecule has 144 valence electrons. The van der Waals surface area contributed by atoms with Gasteiger partial charge >= 0.3 is 0 Å². The summed E-state index contributed by atoms with van der Waals surface area (Å²) < 4.78 is 7.51. The van der Waals surface area contributed by atoms with Gasteiger partial charge in [-0.2, -0.15) is 0 Å². The number of hydrogen-bond acceptors (Lipinski definition) is 3. The Morgan fingerprint density at radius 2 is 1.46 bits per heavy atom. The average Bonchev–Trinajstić information content (AvgIpc) is 2.70. The molecule has 0 heterocycles. The molecule has 0 radical (unpaired) electrons. The summed E-state index contributed by atoms with van der Waals surface area (Å²) in [6, 6.07) is 23.2. The van der Waals surface area contributed by atoms with E-state index in [1.165, 1.54) is 0 Å². The summed E-state index contributed by atoms with van der Waals surface area (Å²) in [6.07, 6.45) is 0.353. The van der Waals surface area contributed by atoms with Crippen LogP contribution in [0.4, 0.5) is 5.69 Å². The van der Waals surface area contributed by atoms with Crippen molar-refractivity contribution >= 4 is 43.3 Å². The summed E-state index contributed by atoms with van der Waals surface area (Å²) in [7, 11) is 0. The maximum Gasteiger partial charge on any atom is 0.165 e. The average molecular weight is 503 g/mol. The van der Waals surface area contributed by atoms with E-state index in [-0.39, 0.29) is 11.8 Å². The topological polar surface area (TPSA) is 38.3 Å². The first kappa shape index (κ1) is 20.6. The normalized spacial score (nSPS) is 11.7. The van der Waals surface area contributed by atoms with Crippen LogP contribution in [0.2, 0.25) is 0 Å². The lowest BCUT2D eigenvalue weighted by molar-refractivity contribution is 0.0976. The molecule has 0 aromatic heterocycles. The molecule has 0 aliphatic carbocycles. The number of carbonyl (C=O) groups excluding carboxylic acids is 1. The highest BCUT2D eigenvalue weighted by atomic mass is 79.9. The van der Waals surface area contributed by atoms with E-state index >= 15 is 0 Å². The van der Waals surface area contributed by atoms with E-state index < -0.39 is 0 Å². The fourth-order valence-electron chi connectivity index (χ4n) is 2.90. The standard InChI is InChI=1S/C23H21Br2NO2/c1-2-28-21-13-5-16(6-14-21)22(26-20-11-9-19(25)10-12-20)15-23(27)17-3-7-18(24)8-4-17/h3-14,22,26H,2,15H2,1H3. The molecule has 1 unspecified atom stereocenters. The van der Waals surface area contributed by atoms with E-state index in [2.05, 4.69) is 37.2 Å². The van der Waals surface area contributed by atoms with Crippen molar-refractivity contribution in [3.63, 3.8) is 0 Å². The van der Waals surface area contributed by atoms with Crippen LogP contribution >= 0.6 is 31.9 Å². The highest BCUT2D eigenvalue weighted by Crippen LogP contribution is 2.27. The van der Waals surface area contributed by atoms with Crippen molar-refractivity contribution in [2.75, 3.05) is 11.9 Å². The minimum Gasteiger partial charge on any atom is -0.494 e. The van der Waals surface area contributed by atoms with Gasteiger partial charge in [-0.25, -0.2) is 0 Å². The summed E-state index contributed by atoms with van der Waals surface area (Å²) in [6.45, 7) is 2.59. The number of ether oxygens (including phenoxy) is 1. The second-order valence-electron chi connectivity index (χ2n) is 6.34. The molecule has 5 heteroatoms. The van der Waals surface area contributed by atoms with Crippen LogP contribution in [-0.4, -0.2) is 12.4 Å². The second-order valence-corrected chi connectivity index (χ2v) is 8.17. The van der Waals surface area contributed by atoms with Crippen LogP contribution in [0.25, 0.3) is 0 Å². The smallest absolute Gasteiger partial charge is 0.165 e.